The van der Waals surface area contributed by atoms with Crippen LogP contribution in [-0.4, -0.2) is 25.8 Å². The van der Waals surface area contributed by atoms with Crippen LogP contribution >= 0.6 is 22.4 Å². The van der Waals surface area contributed by atoms with Gasteiger partial charge in [-0.05, 0) is 10.8 Å². The van der Waals surface area contributed by atoms with Crippen LogP contribution in [0.15, 0.2) is 0 Å². The third-order valence-corrected chi connectivity index (χ3v) is 4.83. The topological polar surface area (TPSA) is 34.1 Å². The van der Waals surface area contributed by atoms with Crippen LogP contribution in [0.2, 0.25) is 0 Å². The van der Waals surface area contributed by atoms with Gasteiger partial charge in [0.05, 0.1) is 5.75 Å². The van der Waals surface area contributed by atoms with E-state index in [9.17, 15) is 8.42 Å². The summed E-state index contributed by atoms with van der Waals surface area (Å²) >= 11 is 5.28. The van der Waals surface area contributed by atoms with Crippen molar-refractivity contribution in [2.75, 3.05) is 17.4 Å². The van der Waals surface area contributed by atoms with Crippen LogP contribution in [0.5, 0.6) is 0 Å². The fraction of sp³-hybridized carbons (Fsp3) is 1.00. The predicted molar refractivity (Wildman–Crippen MR) is 42.6 cm³/mol. The first-order valence-electron chi connectivity index (χ1n) is 2.55. The summed E-state index contributed by atoms with van der Waals surface area (Å²) in [5.41, 5.74) is 0. The molecule has 0 amide bonds. The van der Waals surface area contributed by atoms with Gasteiger partial charge in [0.2, 0.25) is 8.87 Å². The molecule has 56 valence electrons. The van der Waals surface area contributed by atoms with Gasteiger partial charge in [-0.3, -0.25) is 0 Å². The summed E-state index contributed by atoms with van der Waals surface area (Å²) < 4.78 is 21.3. The molecule has 0 N–H and O–H groups in total. The molecule has 0 unspecified atom stereocenters. The van der Waals surface area contributed by atoms with Crippen molar-refractivity contribution >= 4 is 31.3 Å². The van der Waals surface area contributed by atoms with Crippen molar-refractivity contribution in [2.45, 2.75) is 6.92 Å². The predicted octanol–water partition coefficient (Wildman–Crippen LogP) is 1.31. The van der Waals surface area contributed by atoms with Crippen molar-refractivity contribution < 1.29 is 8.42 Å². The summed E-state index contributed by atoms with van der Waals surface area (Å²) in [5, 5.41) is 0. The number of rotatable bonds is 4. The SMILES string of the molecule is CCS(=O)(=O)SCCCl. The molecule has 0 saturated heterocycles. The van der Waals surface area contributed by atoms with Gasteiger partial charge in [0.15, 0.2) is 0 Å². The molecule has 0 spiro atoms. The van der Waals surface area contributed by atoms with Crippen molar-refractivity contribution in [3.8, 4) is 0 Å². The quantitative estimate of drug-likeness (QED) is 0.493. The second-order valence-electron chi connectivity index (χ2n) is 1.36. The smallest absolute Gasteiger partial charge is 0.201 e. The van der Waals surface area contributed by atoms with E-state index < -0.39 is 8.87 Å². The van der Waals surface area contributed by atoms with Crippen LogP contribution in [0.4, 0.5) is 0 Å². The van der Waals surface area contributed by atoms with E-state index in [1.165, 1.54) is 0 Å². The number of halogens is 1. The summed E-state index contributed by atoms with van der Waals surface area (Å²) in [4.78, 5) is 0. The molecule has 0 aliphatic heterocycles. The number of hydrogen-bond donors (Lipinski definition) is 0. The zero-order valence-electron chi connectivity index (χ0n) is 5.13. The Balaban J connectivity index is 3.61. The second-order valence-corrected chi connectivity index (χ2v) is 6.30. The van der Waals surface area contributed by atoms with Crippen molar-refractivity contribution in [1.29, 1.82) is 0 Å². The average molecular weight is 189 g/mol. The fourth-order valence-electron chi connectivity index (χ4n) is 0.242. The van der Waals surface area contributed by atoms with E-state index in [1.54, 1.807) is 6.92 Å². The van der Waals surface area contributed by atoms with Crippen molar-refractivity contribution in [2.24, 2.45) is 0 Å². The lowest BCUT2D eigenvalue weighted by Crippen LogP contribution is -1.97. The lowest BCUT2D eigenvalue weighted by atomic mass is 11.0. The van der Waals surface area contributed by atoms with Gasteiger partial charge in [-0.15, -0.1) is 11.6 Å². The molecule has 0 aromatic carbocycles. The van der Waals surface area contributed by atoms with Gasteiger partial charge >= 0.3 is 0 Å². The van der Waals surface area contributed by atoms with Crippen LogP contribution in [0.25, 0.3) is 0 Å². The molecule has 0 fully saturated rings. The molecule has 0 aliphatic rings. The molecular weight excluding hydrogens is 180 g/mol. The maximum Gasteiger partial charge on any atom is 0.201 e. The zero-order chi connectivity index (χ0) is 7.33. The van der Waals surface area contributed by atoms with E-state index in [-0.39, 0.29) is 5.75 Å². The molecule has 0 bridgehead atoms. The van der Waals surface area contributed by atoms with Crippen molar-refractivity contribution in [1.82, 2.24) is 0 Å². The summed E-state index contributed by atoms with van der Waals surface area (Å²) in [6, 6.07) is 0. The standard InChI is InChI=1S/C4H9ClO2S2/c1-2-9(6,7)8-4-3-5/h2-4H2,1H3. The Labute approximate surface area is 64.3 Å². The lowest BCUT2D eigenvalue weighted by Gasteiger charge is -1.94. The zero-order valence-corrected chi connectivity index (χ0v) is 7.52. The van der Waals surface area contributed by atoms with Gasteiger partial charge in [0, 0.05) is 11.6 Å². The monoisotopic (exact) mass is 188 g/mol. The average Bonchev–Trinajstić information content (AvgIpc) is 1.84. The number of hydrogen-bond acceptors (Lipinski definition) is 3. The van der Waals surface area contributed by atoms with Crippen LogP contribution in [0, 0.1) is 0 Å². The maximum absolute atomic E-state index is 10.7. The highest BCUT2D eigenvalue weighted by atomic mass is 35.5. The summed E-state index contributed by atoms with van der Waals surface area (Å²) in [6.45, 7) is 1.62. The largest absolute Gasteiger partial charge is 0.217 e. The molecule has 0 aromatic heterocycles. The third-order valence-electron chi connectivity index (χ3n) is 0.694. The minimum Gasteiger partial charge on any atom is -0.217 e. The van der Waals surface area contributed by atoms with Crippen molar-refractivity contribution in [3.63, 3.8) is 0 Å². The molecule has 2 nitrogen and oxygen atoms in total. The summed E-state index contributed by atoms with van der Waals surface area (Å²) in [6.07, 6.45) is 0. The molecule has 0 aliphatic carbocycles. The first-order chi connectivity index (χ1) is 4.12. The van der Waals surface area contributed by atoms with Gasteiger partial charge in [-0.1, -0.05) is 6.92 Å². The molecule has 0 atom stereocenters. The second kappa shape index (κ2) is 4.41. The Hall–Kier alpha value is 0.590. The minimum atomic E-state index is -2.85. The third kappa shape index (κ3) is 5.06. The highest BCUT2D eigenvalue weighted by Crippen LogP contribution is 2.11. The van der Waals surface area contributed by atoms with Crippen LogP contribution in [0.3, 0.4) is 0 Å². The Morgan fingerprint density at radius 2 is 2.11 bits per heavy atom. The van der Waals surface area contributed by atoms with Gasteiger partial charge in [-0.25, -0.2) is 8.42 Å². The minimum absolute atomic E-state index is 0.189. The van der Waals surface area contributed by atoms with E-state index in [1.807, 2.05) is 0 Å². The normalized spacial score (nSPS) is 11.8. The van der Waals surface area contributed by atoms with E-state index >= 15 is 0 Å². The van der Waals surface area contributed by atoms with Crippen LogP contribution < -0.4 is 0 Å². The Morgan fingerprint density at radius 1 is 1.56 bits per heavy atom. The molecule has 5 heteroatoms. The molecular formula is C4H9ClO2S2. The van der Waals surface area contributed by atoms with Gasteiger partial charge in [0.1, 0.15) is 0 Å². The molecule has 0 rings (SSSR count). The first kappa shape index (κ1) is 9.59. The molecule has 0 aromatic rings. The molecule has 9 heavy (non-hydrogen) atoms. The molecule has 0 heterocycles. The van der Waals surface area contributed by atoms with Crippen LogP contribution in [0.1, 0.15) is 6.92 Å². The van der Waals surface area contributed by atoms with Crippen molar-refractivity contribution in [3.05, 3.63) is 0 Å². The van der Waals surface area contributed by atoms with E-state index in [4.69, 9.17) is 11.6 Å². The van der Waals surface area contributed by atoms with E-state index in [2.05, 4.69) is 0 Å². The van der Waals surface area contributed by atoms with E-state index in [0.29, 0.717) is 11.6 Å². The Morgan fingerprint density at radius 3 is 2.44 bits per heavy atom. The van der Waals surface area contributed by atoms with Crippen LogP contribution in [-0.2, 0) is 8.87 Å². The van der Waals surface area contributed by atoms with Gasteiger partial charge < -0.3 is 0 Å². The van der Waals surface area contributed by atoms with E-state index in [0.717, 1.165) is 10.8 Å². The van der Waals surface area contributed by atoms with Gasteiger partial charge in [0.25, 0.3) is 0 Å². The maximum atomic E-state index is 10.7. The summed E-state index contributed by atoms with van der Waals surface area (Å²) in [5.74, 6) is 1.07. The molecule has 0 saturated carbocycles. The fourth-order valence-corrected chi connectivity index (χ4v) is 2.74. The molecule has 0 radical (unpaired) electrons. The lowest BCUT2D eigenvalue weighted by molar-refractivity contribution is 0.611. The highest BCUT2D eigenvalue weighted by molar-refractivity contribution is 8.72. The Bertz CT molecular complexity index is 152. The Kier molecular flexibility index (Phi) is 4.70. The number of alkyl halides is 1. The summed E-state index contributed by atoms with van der Waals surface area (Å²) in [7, 11) is -1.93. The highest BCUT2D eigenvalue weighted by Gasteiger charge is 2.05. The van der Waals surface area contributed by atoms with Gasteiger partial charge in [-0.2, -0.15) is 0 Å². The first-order valence-corrected chi connectivity index (χ1v) is 6.24.